The molecule has 0 bridgehead atoms. The molecule has 1 aliphatic heterocycles. The maximum Gasteiger partial charge on any atom is 0.271 e. The first-order chi connectivity index (χ1) is 15.9. The summed E-state index contributed by atoms with van der Waals surface area (Å²) in [5.74, 6) is 0.388. The van der Waals surface area contributed by atoms with Crippen molar-refractivity contribution in [3.8, 4) is 5.75 Å². The SMILES string of the molecule is CC[C@@]1(C)Cc2nc3sc4c(=O)n(CC(=O)Nc5ccc(OC)cc5)cnc4c3cc2CO1. The van der Waals surface area contributed by atoms with E-state index in [1.165, 1.54) is 22.2 Å². The van der Waals surface area contributed by atoms with Crippen LogP contribution in [0.15, 0.2) is 41.5 Å². The van der Waals surface area contributed by atoms with E-state index in [2.05, 4.69) is 24.1 Å². The normalized spacial score (nSPS) is 17.8. The Balaban J connectivity index is 1.44. The Bertz CT molecular complexity index is 1430. The molecule has 0 fully saturated rings. The Hall–Kier alpha value is -3.30. The topological polar surface area (TPSA) is 95.3 Å². The first-order valence-corrected chi connectivity index (χ1v) is 11.6. The Labute approximate surface area is 194 Å². The van der Waals surface area contributed by atoms with Crippen LogP contribution < -0.4 is 15.6 Å². The third-order valence-electron chi connectivity index (χ3n) is 6.16. The van der Waals surface area contributed by atoms with Gasteiger partial charge in [-0.1, -0.05) is 6.92 Å². The maximum absolute atomic E-state index is 13.1. The van der Waals surface area contributed by atoms with Crippen LogP contribution in [0.2, 0.25) is 0 Å². The number of nitrogens with zero attached hydrogens (tertiary/aromatic N) is 3. The van der Waals surface area contributed by atoms with Crippen LogP contribution in [0.3, 0.4) is 0 Å². The van der Waals surface area contributed by atoms with Crippen molar-refractivity contribution in [3.63, 3.8) is 0 Å². The molecule has 8 nitrogen and oxygen atoms in total. The minimum atomic E-state index is -0.311. The van der Waals surface area contributed by atoms with Crippen molar-refractivity contribution in [2.45, 2.75) is 45.4 Å². The zero-order valence-corrected chi connectivity index (χ0v) is 19.5. The average molecular weight is 465 g/mol. The van der Waals surface area contributed by atoms with Crippen molar-refractivity contribution in [2.24, 2.45) is 0 Å². The van der Waals surface area contributed by atoms with Crippen LogP contribution in [0.4, 0.5) is 5.69 Å². The Morgan fingerprint density at radius 2 is 2.12 bits per heavy atom. The maximum atomic E-state index is 13.1. The molecule has 0 saturated heterocycles. The lowest BCUT2D eigenvalue weighted by Crippen LogP contribution is -2.35. The van der Waals surface area contributed by atoms with E-state index in [9.17, 15) is 9.59 Å². The number of rotatable bonds is 5. The van der Waals surface area contributed by atoms with Crippen LogP contribution in [0.25, 0.3) is 20.4 Å². The number of carbonyl (C=O) groups excluding carboxylic acids is 1. The van der Waals surface area contributed by atoms with Crippen LogP contribution in [0.1, 0.15) is 31.5 Å². The molecule has 1 N–H and O–H groups in total. The highest BCUT2D eigenvalue weighted by molar-refractivity contribution is 7.25. The van der Waals surface area contributed by atoms with E-state index in [0.29, 0.717) is 28.3 Å². The van der Waals surface area contributed by atoms with Gasteiger partial charge in [-0.2, -0.15) is 0 Å². The molecule has 0 spiro atoms. The molecule has 0 saturated carbocycles. The fourth-order valence-electron chi connectivity index (χ4n) is 3.98. The highest BCUT2D eigenvalue weighted by Crippen LogP contribution is 2.35. The van der Waals surface area contributed by atoms with E-state index in [-0.39, 0.29) is 23.6 Å². The molecule has 1 aromatic carbocycles. The average Bonchev–Trinajstić information content (AvgIpc) is 3.18. The van der Waals surface area contributed by atoms with Crippen molar-refractivity contribution in [1.29, 1.82) is 0 Å². The second-order valence-corrected chi connectivity index (χ2v) is 9.45. The summed E-state index contributed by atoms with van der Waals surface area (Å²) in [6.45, 7) is 4.58. The van der Waals surface area contributed by atoms with Crippen LogP contribution >= 0.6 is 11.3 Å². The van der Waals surface area contributed by atoms with E-state index < -0.39 is 0 Å². The highest BCUT2D eigenvalue weighted by Gasteiger charge is 2.31. The van der Waals surface area contributed by atoms with Gasteiger partial charge in [-0.05, 0) is 43.7 Å². The van der Waals surface area contributed by atoms with Gasteiger partial charge >= 0.3 is 0 Å². The number of benzene rings is 1. The molecule has 0 unspecified atom stereocenters. The highest BCUT2D eigenvalue weighted by atomic mass is 32.1. The smallest absolute Gasteiger partial charge is 0.271 e. The van der Waals surface area contributed by atoms with Crippen LogP contribution in [0, 0.1) is 0 Å². The number of thiophene rings is 1. The van der Waals surface area contributed by atoms with Gasteiger partial charge in [0.05, 0.1) is 36.9 Å². The van der Waals surface area contributed by atoms with Crippen molar-refractivity contribution in [2.75, 3.05) is 12.4 Å². The number of aromatic nitrogens is 3. The van der Waals surface area contributed by atoms with Gasteiger partial charge in [-0.25, -0.2) is 9.97 Å². The second-order valence-electron chi connectivity index (χ2n) is 8.45. The van der Waals surface area contributed by atoms with Crippen LogP contribution in [0.5, 0.6) is 5.75 Å². The van der Waals surface area contributed by atoms with Gasteiger partial charge in [0, 0.05) is 23.1 Å². The van der Waals surface area contributed by atoms with Crippen molar-refractivity contribution < 1.29 is 14.3 Å². The Morgan fingerprint density at radius 1 is 1.33 bits per heavy atom. The first kappa shape index (κ1) is 21.5. The number of nitrogens with one attached hydrogen (secondary N) is 1. The quantitative estimate of drug-likeness (QED) is 0.481. The predicted octanol–water partition coefficient (Wildman–Crippen LogP) is 3.89. The van der Waals surface area contributed by atoms with Crippen molar-refractivity contribution in [1.82, 2.24) is 14.5 Å². The molecule has 3 aromatic heterocycles. The van der Waals surface area contributed by atoms with Gasteiger partial charge in [0.1, 0.15) is 21.8 Å². The molecule has 9 heteroatoms. The predicted molar refractivity (Wildman–Crippen MR) is 128 cm³/mol. The largest absolute Gasteiger partial charge is 0.497 e. The van der Waals surface area contributed by atoms with Gasteiger partial charge in [0.25, 0.3) is 5.56 Å². The molecule has 4 aromatic rings. The first-order valence-electron chi connectivity index (χ1n) is 10.8. The molecule has 0 radical (unpaired) electrons. The summed E-state index contributed by atoms with van der Waals surface area (Å²) in [7, 11) is 1.58. The number of ether oxygens (including phenoxy) is 2. The number of carbonyl (C=O) groups is 1. The third-order valence-corrected chi connectivity index (χ3v) is 7.24. The Kier molecular flexibility index (Phi) is 5.38. The number of anilines is 1. The minimum Gasteiger partial charge on any atom is -0.497 e. The number of pyridine rings is 1. The number of hydrogen-bond acceptors (Lipinski definition) is 7. The van der Waals surface area contributed by atoms with Gasteiger partial charge < -0.3 is 14.8 Å². The molecule has 4 heterocycles. The number of fused-ring (bicyclic) bond motifs is 4. The summed E-state index contributed by atoms with van der Waals surface area (Å²) in [5, 5.41) is 3.64. The molecule has 5 rings (SSSR count). The van der Waals surface area contributed by atoms with E-state index >= 15 is 0 Å². The second kappa shape index (κ2) is 8.24. The summed E-state index contributed by atoms with van der Waals surface area (Å²) >= 11 is 1.32. The summed E-state index contributed by atoms with van der Waals surface area (Å²) in [6, 6.07) is 9.04. The molecular weight excluding hydrogens is 440 g/mol. The Morgan fingerprint density at radius 3 is 2.85 bits per heavy atom. The number of methoxy groups -OCH3 is 1. The minimum absolute atomic E-state index is 0.130. The fraction of sp³-hybridized carbons (Fsp3) is 0.333. The monoisotopic (exact) mass is 464 g/mol. The van der Waals surface area contributed by atoms with Gasteiger partial charge in [0.15, 0.2) is 0 Å². The molecular formula is C24H24N4O4S. The van der Waals surface area contributed by atoms with Gasteiger partial charge in [0.2, 0.25) is 5.91 Å². The third kappa shape index (κ3) is 3.98. The zero-order valence-electron chi connectivity index (χ0n) is 18.7. The standard InChI is InChI=1S/C24H24N4O4S/c1-4-24(2)10-18-14(12-32-24)9-17-20-21(33-22(17)27-18)23(30)28(13-25-20)11-19(29)26-15-5-7-16(31-3)8-6-15/h5-9,13H,4,10-12H2,1-3H3,(H,26,29)/t24-/m0/s1. The van der Waals surface area contributed by atoms with Crippen molar-refractivity contribution in [3.05, 3.63) is 58.3 Å². The number of amides is 1. The molecule has 1 amide bonds. The lowest BCUT2D eigenvalue weighted by Gasteiger charge is -2.33. The van der Waals surface area contributed by atoms with E-state index in [4.69, 9.17) is 14.5 Å². The van der Waals surface area contributed by atoms with Crippen LogP contribution in [-0.2, 0) is 29.1 Å². The lowest BCUT2D eigenvalue weighted by molar-refractivity contribution is -0.116. The van der Waals surface area contributed by atoms with Gasteiger partial charge in [-0.15, -0.1) is 11.3 Å². The zero-order chi connectivity index (χ0) is 23.2. The molecule has 33 heavy (non-hydrogen) atoms. The molecule has 0 aliphatic carbocycles. The summed E-state index contributed by atoms with van der Waals surface area (Å²) in [4.78, 5) is 35.8. The van der Waals surface area contributed by atoms with Gasteiger partial charge in [-0.3, -0.25) is 14.2 Å². The van der Waals surface area contributed by atoms with Crippen molar-refractivity contribution >= 4 is 43.4 Å². The summed E-state index contributed by atoms with van der Waals surface area (Å²) in [6.07, 6.45) is 3.07. The van der Waals surface area contributed by atoms with E-state index in [1.807, 2.05) is 6.07 Å². The molecule has 1 aliphatic rings. The van der Waals surface area contributed by atoms with E-state index in [0.717, 1.165) is 34.3 Å². The van der Waals surface area contributed by atoms with Crippen LogP contribution in [-0.4, -0.2) is 33.2 Å². The molecule has 1 atom stereocenters. The molecule has 170 valence electrons. The fourth-order valence-corrected chi connectivity index (χ4v) is 5.06. The van der Waals surface area contributed by atoms with E-state index in [1.54, 1.807) is 31.4 Å². The lowest BCUT2D eigenvalue weighted by atomic mass is 9.91. The summed E-state index contributed by atoms with van der Waals surface area (Å²) in [5.41, 5.74) is 2.83. The summed E-state index contributed by atoms with van der Waals surface area (Å²) < 4.78 is 13.0. The number of hydrogen-bond donors (Lipinski definition) is 1.